The van der Waals surface area contributed by atoms with Crippen LogP contribution < -0.4 is 14.4 Å². The summed E-state index contributed by atoms with van der Waals surface area (Å²) >= 11 is 0. The molecule has 2 rings (SSSR count). The summed E-state index contributed by atoms with van der Waals surface area (Å²) in [6.45, 7) is 3.17. The number of nitro benzene ring substituents is 1. The van der Waals surface area contributed by atoms with E-state index < -0.39 is 32.9 Å². The van der Waals surface area contributed by atoms with Gasteiger partial charge in [0.1, 0.15) is 11.8 Å². The molecule has 0 aliphatic rings. The molecule has 0 saturated carbocycles. The minimum atomic E-state index is -3.89. The first-order valence-corrected chi connectivity index (χ1v) is 10.6. The molecular weight excluding hydrogens is 398 g/mol. The lowest BCUT2D eigenvalue weighted by molar-refractivity contribution is -0.384. The maximum absolute atomic E-state index is 12.8. The molecule has 0 aromatic heterocycles. The molecule has 0 aliphatic heterocycles. The standard InChI is InChI=1S/C19H23N3O6S/c1-13(17-10-5-6-11-18(17)28-3)20-19(23)14(2)21(29(4,26)27)15-8-7-9-16(12-15)22(24)25/h5-14H,1-4H3,(H,20,23)/t13-,14-/m0/s1. The topological polar surface area (TPSA) is 119 Å². The fraction of sp³-hybridized carbons (Fsp3) is 0.316. The van der Waals surface area contributed by atoms with Crippen LogP contribution in [0.1, 0.15) is 25.5 Å². The van der Waals surface area contributed by atoms with Crippen molar-refractivity contribution >= 4 is 27.3 Å². The fourth-order valence-electron chi connectivity index (χ4n) is 2.99. The maximum atomic E-state index is 12.8. The van der Waals surface area contributed by atoms with Gasteiger partial charge in [0.2, 0.25) is 15.9 Å². The Morgan fingerprint density at radius 3 is 2.41 bits per heavy atom. The van der Waals surface area contributed by atoms with Crippen LogP contribution >= 0.6 is 0 Å². The monoisotopic (exact) mass is 421 g/mol. The van der Waals surface area contributed by atoms with Crippen molar-refractivity contribution in [1.29, 1.82) is 0 Å². The van der Waals surface area contributed by atoms with Crippen LogP contribution in [0.25, 0.3) is 0 Å². The Morgan fingerprint density at radius 1 is 1.17 bits per heavy atom. The lowest BCUT2D eigenvalue weighted by atomic mass is 10.1. The van der Waals surface area contributed by atoms with E-state index in [4.69, 9.17) is 4.74 Å². The molecule has 0 spiro atoms. The SMILES string of the molecule is COc1ccccc1[C@H](C)NC(=O)[C@H](C)N(c1cccc([N+](=O)[O-])c1)S(C)(=O)=O. The van der Waals surface area contributed by atoms with Crippen LogP contribution in [0, 0.1) is 10.1 Å². The van der Waals surface area contributed by atoms with Crippen molar-refractivity contribution < 1.29 is 22.9 Å². The van der Waals surface area contributed by atoms with Crippen molar-refractivity contribution in [2.24, 2.45) is 0 Å². The van der Waals surface area contributed by atoms with Gasteiger partial charge in [-0.15, -0.1) is 0 Å². The molecule has 2 atom stereocenters. The average molecular weight is 421 g/mol. The number of amides is 1. The van der Waals surface area contributed by atoms with E-state index in [0.29, 0.717) is 5.75 Å². The number of methoxy groups -OCH3 is 1. The Kier molecular flexibility index (Phi) is 6.80. The zero-order valence-electron chi connectivity index (χ0n) is 16.5. The average Bonchev–Trinajstić information content (AvgIpc) is 2.66. The number of non-ortho nitro benzene ring substituents is 1. The molecule has 1 N–H and O–H groups in total. The summed E-state index contributed by atoms with van der Waals surface area (Å²) < 4.78 is 30.9. The fourth-order valence-corrected chi connectivity index (χ4v) is 4.16. The molecule has 0 bridgehead atoms. The van der Waals surface area contributed by atoms with E-state index in [0.717, 1.165) is 22.2 Å². The second kappa shape index (κ2) is 8.91. The highest BCUT2D eigenvalue weighted by atomic mass is 32.2. The zero-order chi connectivity index (χ0) is 21.8. The molecule has 10 heteroatoms. The molecule has 156 valence electrons. The quantitative estimate of drug-likeness (QED) is 0.517. The minimum absolute atomic E-state index is 0.0364. The highest BCUT2D eigenvalue weighted by molar-refractivity contribution is 7.92. The van der Waals surface area contributed by atoms with Crippen LogP contribution in [0.2, 0.25) is 0 Å². The Balaban J connectivity index is 2.32. The van der Waals surface area contributed by atoms with Gasteiger partial charge in [0.25, 0.3) is 5.69 Å². The van der Waals surface area contributed by atoms with Gasteiger partial charge in [0.05, 0.1) is 30.0 Å². The van der Waals surface area contributed by atoms with E-state index in [1.165, 1.54) is 32.2 Å². The van der Waals surface area contributed by atoms with Crippen molar-refractivity contribution in [3.05, 3.63) is 64.2 Å². The molecule has 9 nitrogen and oxygen atoms in total. The van der Waals surface area contributed by atoms with E-state index in [9.17, 15) is 23.3 Å². The number of rotatable bonds is 8. The Bertz CT molecular complexity index is 1010. The largest absolute Gasteiger partial charge is 0.496 e. The van der Waals surface area contributed by atoms with Gasteiger partial charge in [0, 0.05) is 17.7 Å². The number of hydrogen-bond acceptors (Lipinski definition) is 6. The van der Waals surface area contributed by atoms with Crippen LogP contribution in [-0.2, 0) is 14.8 Å². The van der Waals surface area contributed by atoms with E-state index in [2.05, 4.69) is 5.32 Å². The maximum Gasteiger partial charge on any atom is 0.271 e. The third-order valence-electron chi connectivity index (χ3n) is 4.35. The van der Waals surface area contributed by atoms with Gasteiger partial charge in [0.15, 0.2) is 0 Å². The normalized spacial score (nSPS) is 13.2. The molecule has 0 fully saturated rings. The smallest absolute Gasteiger partial charge is 0.271 e. The van der Waals surface area contributed by atoms with Gasteiger partial charge in [-0.1, -0.05) is 24.3 Å². The van der Waals surface area contributed by atoms with Crippen molar-refractivity contribution in [3.63, 3.8) is 0 Å². The molecule has 1 amide bonds. The Morgan fingerprint density at radius 2 is 1.83 bits per heavy atom. The Hall–Kier alpha value is -3.14. The summed E-state index contributed by atoms with van der Waals surface area (Å²) in [5.74, 6) is 0.0342. The number of sulfonamides is 1. The molecule has 0 heterocycles. The summed E-state index contributed by atoms with van der Waals surface area (Å²) in [5.41, 5.74) is 0.497. The summed E-state index contributed by atoms with van der Waals surface area (Å²) in [7, 11) is -2.38. The highest BCUT2D eigenvalue weighted by Gasteiger charge is 2.31. The van der Waals surface area contributed by atoms with Gasteiger partial charge in [-0.05, 0) is 26.0 Å². The number of benzene rings is 2. The molecule has 29 heavy (non-hydrogen) atoms. The number of nitrogens with zero attached hydrogens (tertiary/aromatic N) is 2. The van der Waals surface area contributed by atoms with Gasteiger partial charge in [-0.25, -0.2) is 8.42 Å². The third kappa shape index (κ3) is 5.23. The number of nitro groups is 1. The summed E-state index contributed by atoms with van der Waals surface area (Å²) in [4.78, 5) is 23.2. The van der Waals surface area contributed by atoms with E-state index in [-0.39, 0.29) is 11.4 Å². The number of para-hydroxylation sites is 1. The number of carbonyl (C=O) groups is 1. The Labute approximate surface area is 169 Å². The predicted molar refractivity (Wildman–Crippen MR) is 109 cm³/mol. The molecule has 0 radical (unpaired) electrons. The van der Waals surface area contributed by atoms with E-state index in [1.807, 2.05) is 0 Å². The summed E-state index contributed by atoms with van der Waals surface area (Å²) in [6, 6.07) is 10.7. The number of nitrogens with one attached hydrogen (secondary N) is 1. The first kappa shape index (κ1) is 22.2. The van der Waals surface area contributed by atoms with Gasteiger partial charge >= 0.3 is 0 Å². The van der Waals surface area contributed by atoms with Gasteiger partial charge in [-0.2, -0.15) is 0 Å². The second-order valence-electron chi connectivity index (χ2n) is 6.48. The number of hydrogen-bond donors (Lipinski definition) is 1. The molecule has 2 aromatic rings. The summed E-state index contributed by atoms with van der Waals surface area (Å²) in [5, 5.41) is 13.8. The van der Waals surface area contributed by atoms with Gasteiger partial charge in [-0.3, -0.25) is 19.2 Å². The van der Waals surface area contributed by atoms with E-state index >= 15 is 0 Å². The first-order chi connectivity index (χ1) is 13.6. The van der Waals surface area contributed by atoms with Crippen molar-refractivity contribution in [3.8, 4) is 5.75 Å². The zero-order valence-corrected chi connectivity index (χ0v) is 17.3. The lowest BCUT2D eigenvalue weighted by Crippen LogP contribution is -2.48. The minimum Gasteiger partial charge on any atom is -0.496 e. The number of anilines is 1. The lowest BCUT2D eigenvalue weighted by Gasteiger charge is -2.29. The van der Waals surface area contributed by atoms with Crippen LogP contribution in [0.3, 0.4) is 0 Å². The molecule has 2 aromatic carbocycles. The van der Waals surface area contributed by atoms with Gasteiger partial charge < -0.3 is 10.1 Å². The van der Waals surface area contributed by atoms with E-state index in [1.54, 1.807) is 31.2 Å². The predicted octanol–water partition coefficient (Wildman–Crippen LogP) is 2.64. The molecule has 0 unspecified atom stereocenters. The third-order valence-corrected chi connectivity index (χ3v) is 5.59. The van der Waals surface area contributed by atoms with Crippen LogP contribution in [0.4, 0.5) is 11.4 Å². The molecule has 0 saturated heterocycles. The van der Waals surface area contributed by atoms with Crippen LogP contribution in [0.5, 0.6) is 5.75 Å². The molecule has 0 aliphatic carbocycles. The molecular formula is C19H23N3O6S. The van der Waals surface area contributed by atoms with Crippen LogP contribution in [-0.4, -0.2) is 38.7 Å². The van der Waals surface area contributed by atoms with Crippen molar-refractivity contribution in [2.75, 3.05) is 17.7 Å². The number of carbonyl (C=O) groups excluding carboxylic acids is 1. The second-order valence-corrected chi connectivity index (χ2v) is 8.34. The van der Waals surface area contributed by atoms with Crippen LogP contribution in [0.15, 0.2) is 48.5 Å². The van der Waals surface area contributed by atoms with Crippen molar-refractivity contribution in [2.45, 2.75) is 25.9 Å². The summed E-state index contributed by atoms with van der Waals surface area (Å²) in [6.07, 6.45) is 0.944. The number of ether oxygens (including phenoxy) is 1. The van der Waals surface area contributed by atoms with Crippen molar-refractivity contribution in [1.82, 2.24) is 5.32 Å². The highest BCUT2D eigenvalue weighted by Crippen LogP contribution is 2.27. The first-order valence-electron chi connectivity index (χ1n) is 8.73.